The Balaban J connectivity index is 3.59. The molecule has 0 aromatic carbocycles. The van der Waals surface area contributed by atoms with Gasteiger partial charge in [0.2, 0.25) is 0 Å². The van der Waals surface area contributed by atoms with Gasteiger partial charge in [-0.25, -0.2) is 0 Å². The van der Waals surface area contributed by atoms with Crippen LogP contribution in [0.1, 0.15) is 136 Å². The number of unbranched alkanes of at least 4 members (excludes halogenated alkanes) is 15. The predicted octanol–water partition coefficient (Wildman–Crippen LogP) is 8.37. The van der Waals surface area contributed by atoms with Gasteiger partial charge in [0.1, 0.15) is 0 Å². The lowest BCUT2D eigenvalue weighted by Gasteiger charge is -2.22. The number of rotatable bonds is 21. The summed E-state index contributed by atoms with van der Waals surface area (Å²) >= 11 is 0. The molecule has 0 saturated heterocycles. The van der Waals surface area contributed by atoms with E-state index < -0.39 is 0 Å². The van der Waals surface area contributed by atoms with Crippen LogP contribution in [0.5, 0.6) is 0 Å². The summed E-state index contributed by atoms with van der Waals surface area (Å²) in [5, 5.41) is 0. The standard InChI is InChI=1S/C24H51N/c1-4-7-10-13-14-15-16-17-18-21-24-25(22-19-11-8-5-2)23-20-12-9-6-3/h4-24H2,1-3H3. The fourth-order valence-electron chi connectivity index (χ4n) is 3.68. The van der Waals surface area contributed by atoms with E-state index in [1.54, 1.807) is 0 Å². The van der Waals surface area contributed by atoms with Crippen LogP contribution in [0.25, 0.3) is 0 Å². The molecule has 0 unspecified atom stereocenters. The molecule has 0 fully saturated rings. The normalized spacial score (nSPS) is 11.5. The predicted molar refractivity (Wildman–Crippen MR) is 117 cm³/mol. The summed E-state index contributed by atoms with van der Waals surface area (Å²) in [6.45, 7) is 11.0. The second-order valence-corrected chi connectivity index (χ2v) is 8.14. The molecule has 0 aliphatic carbocycles. The van der Waals surface area contributed by atoms with Crippen molar-refractivity contribution in [1.82, 2.24) is 4.90 Å². The van der Waals surface area contributed by atoms with Crippen molar-refractivity contribution in [3.05, 3.63) is 0 Å². The number of nitrogens with zero attached hydrogens (tertiary/aromatic N) is 1. The summed E-state index contributed by atoms with van der Waals surface area (Å²) in [4.78, 5) is 2.77. The highest BCUT2D eigenvalue weighted by Gasteiger charge is 2.04. The van der Waals surface area contributed by atoms with Crippen molar-refractivity contribution in [3.63, 3.8) is 0 Å². The van der Waals surface area contributed by atoms with Gasteiger partial charge in [0, 0.05) is 0 Å². The molecule has 0 bridgehead atoms. The quantitative estimate of drug-likeness (QED) is 0.187. The molecule has 25 heavy (non-hydrogen) atoms. The van der Waals surface area contributed by atoms with Crippen molar-refractivity contribution in [3.8, 4) is 0 Å². The van der Waals surface area contributed by atoms with Crippen LogP contribution >= 0.6 is 0 Å². The highest BCUT2D eigenvalue weighted by atomic mass is 15.1. The fraction of sp³-hybridized carbons (Fsp3) is 1.00. The van der Waals surface area contributed by atoms with Crippen LogP contribution in [0.3, 0.4) is 0 Å². The molecule has 0 aliphatic heterocycles. The Morgan fingerprint density at radius 3 is 0.880 bits per heavy atom. The van der Waals surface area contributed by atoms with Gasteiger partial charge >= 0.3 is 0 Å². The summed E-state index contributed by atoms with van der Waals surface area (Å²) < 4.78 is 0. The van der Waals surface area contributed by atoms with E-state index in [1.807, 2.05) is 0 Å². The molecular weight excluding hydrogens is 302 g/mol. The Bertz CT molecular complexity index is 214. The van der Waals surface area contributed by atoms with E-state index >= 15 is 0 Å². The molecule has 0 amide bonds. The minimum absolute atomic E-state index is 1.35. The third-order valence-corrected chi connectivity index (χ3v) is 5.48. The highest BCUT2D eigenvalue weighted by Crippen LogP contribution is 2.12. The molecule has 0 N–H and O–H groups in total. The summed E-state index contributed by atoms with van der Waals surface area (Å²) in [5.41, 5.74) is 0. The first-order chi connectivity index (χ1) is 12.3. The first-order valence-electron chi connectivity index (χ1n) is 12.1. The van der Waals surface area contributed by atoms with Gasteiger partial charge in [-0.3, -0.25) is 0 Å². The topological polar surface area (TPSA) is 3.24 Å². The minimum atomic E-state index is 1.35. The summed E-state index contributed by atoms with van der Waals surface area (Å²) in [6, 6.07) is 0. The van der Waals surface area contributed by atoms with Crippen molar-refractivity contribution in [2.45, 2.75) is 136 Å². The first-order valence-corrected chi connectivity index (χ1v) is 12.1. The summed E-state index contributed by atoms with van der Waals surface area (Å²) in [5.74, 6) is 0. The van der Waals surface area contributed by atoms with Crippen LogP contribution in [0.15, 0.2) is 0 Å². The van der Waals surface area contributed by atoms with E-state index in [4.69, 9.17) is 0 Å². The van der Waals surface area contributed by atoms with Gasteiger partial charge in [-0.2, -0.15) is 0 Å². The van der Waals surface area contributed by atoms with E-state index in [-0.39, 0.29) is 0 Å². The first kappa shape index (κ1) is 25.0. The van der Waals surface area contributed by atoms with E-state index in [0.29, 0.717) is 0 Å². The lowest BCUT2D eigenvalue weighted by molar-refractivity contribution is 0.254. The van der Waals surface area contributed by atoms with E-state index in [0.717, 1.165) is 0 Å². The van der Waals surface area contributed by atoms with E-state index in [9.17, 15) is 0 Å². The molecule has 1 nitrogen and oxygen atoms in total. The van der Waals surface area contributed by atoms with Crippen LogP contribution in [0.2, 0.25) is 0 Å². The van der Waals surface area contributed by atoms with Crippen LogP contribution in [-0.2, 0) is 0 Å². The van der Waals surface area contributed by atoms with Crippen molar-refractivity contribution in [2.75, 3.05) is 19.6 Å². The Morgan fingerprint density at radius 2 is 0.560 bits per heavy atom. The Labute approximate surface area is 161 Å². The lowest BCUT2D eigenvalue weighted by Crippen LogP contribution is -2.27. The zero-order valence-electron chi connectivity index (χ0n) is 18.3. The average molecular weight is 354 g/mol. The molecule has 0 rings (SSSR count). The smallest absolute Gasteiger partial charge is 0.00187 e. The Kier molecular flexibility index (Phi) is 22.0. The largest absolute Gasteiger partial charge is 0.303 e. The van der Waals surface area contributed by atoms with Gasteiger partial charge in [-0.05, 0) is 38.9 Å². The third kappa shape index (κ3) is 20.1. The third-order valence-electron chi connectivity index (χ3n) is 5.48. The molecule has 0 aliphatic rings. The zero-order valence-corrected chi connectivity index (χ0v) is 18.3. The maximum absolute atomic E-state index is 2.77. The molecule has 0 aromatic rings. The fourth-order valence-corrected chi connectivity index (χ4v) is 3.68. The summed E-state index contributed by atoms with van der Waals surface area (Å²) in [7, 11) is 0. The van der Waals surface area contributed by atoms with Crippen molar-refractivity contribution >= 4 is 0 Å². The molecule has 0 aromatic heterocycles. The van der Waals surface area contributed by atoms with Crippen LogP contribution in [0, 0.1) is 0 Å². The van der Waals surface area contributed by atoms with E-state index in [1.165, 1.54) is 135 Å². The SMILES string of the molecule is CCCCCCCCCCCCN(CCCCCC)CCCCCC. The van der Waals surface area contributed by atoms with Gasteiger partial charge in [0.25, 0.3) is 0 Å². The Morgan fingerprint density at radius 1 is 0.320 bits per heavy atom. The van der Waals surface area contributed by atoms with Crippen molar-refractivity contribution in [2.24, 2.45) is 0 Å². The molecular formula is C24H51N. The number of hydrogen-bond acceptors (Lipinski definition) is 1. The zero-order chi connectivity index (χ0) is 18.4. The van der Waals surface area contributed by atoms with Crippen molar-refractivity contribution in [1.29, 1.82) is 0 Å². The van der Waals surface area contributed by atoms with E-state index in [2.05, 4.69) is 25.7 Å². The molecule has 0 heterocycles. The minimum Gasteiger partial charge on any atom is -0.303 e. The van der Waals surface area contributed by atoms with Crippen LogP contribution < -0.4 is 0 Å². The second-order valence-electron chi connectivity index (χ2n) is 8.14. The van der Waals surface area contributed by atoms with Gasteiger partial charge in [-0.1, -0.05) is 117 Å². The number of hydrogen-bond donors (Lipinski definition) is 0. The maximum atomic E-state index is 2.77. The van der Waals surface area contributed by atoms with Crippen LogP contribution in [0.4, 0.5) is 0 Å². The molecule has 152 valence electrons. The highest BCUT2D eigenvalue weighted by molar-refractivity contribution is 4.60. The second kappa shape index (κ2) is 22.0. The molecule has 0 saturated carbocycles. The van der Waals surface area contributed by atoms with Gasteiger partial charge in [0.05, 0.1) is 0 Å². The van der Waals surface area contributed by atoms with Crippen molar-refractivity contribution < 1.29 is 0 Å². The monoisotopic (exact) mass is 353 g/mol. The Hall–Kier alpha value is -0.0400. The molecule has 1 heteroatoms. The summed E-state index contributed by atoms with van der Waals surface area (Å²) in [6.07, 6.45) is 25.7. The van der Waals surface area contributed by atoms with Gasteiger partial charge in [0.15, 0.2) is 0 Å². The van der Waals surface area contributed by atoms with Gasteiger partial charge < -0.3 is 4.90 Å². The molecule has 0 radical (unpaired) electrons. The molecule has 0 atom stereocenters. The lowest BCUT2D eigenvalue weighted by atomic mass is 10.1. The van der Waals surface area contributed by atoms with Crippen LogP contribution in [-0.4, -0.2) is 24.5 Å². The van der Waals surface area contributed by atoms with Gasteiger partial charge in [-0.15, -0.1) is 0 Å². The molecule has 0 spiro atoms. The average Bonchev–Trinajstić information content (AvgIpc) is 2.63. The maximum Gasteiger partial charge on any atom is -0.00187 e.